The molecule has 1 unspecified atom stereocenters. The van der Waals surface area contributed by atoms with E-state index in [1.54, 1.807) is 85.1 Å². The second-order valence-electron chi connectivity index (χ2n) is 18.1. The molecule has 0 saturated carbocycles. The summed E-state index contributed by atoms with van der Waals surface area (Å²) in [4.78, 5) is 65.0. The predicted octanol–water partition coefficient (Wildman–Crippen LogP) is 11.4. The van der Waals surface area contributed by atoms with E-state index in [1.165, 1.54) is 24.4 Å². The van der Waals surface area contributed by atoms with Crippen LogP contribution in [0.1, 0.15) is 10.4 Å². The molecule has 0 aliphatic heterocycles. The fraction of sp³-hybridized carbons (Fsp3) is 0.0847. The summed E-state index contributed by atoms with van der Waals surface area (Å²) < 4.78 is 17.8. The summed E-state index contributed by atoms with van der Waals surface area (Å²) >= 11 is 12.9. The van der Waals surface area contributed by atoms with Crippen LogP contribution in [-0.4, -0.2) is 93.7 Å². The minimum atomic E-state index is -1.55. The van der Waals surface area contributed by atoms with Crippen LogP contribution in [0.15, 0.2) is 194 Å². The molecule has 19 nitrogen and oxygen atoms in total. The SMILES string of the molecule is CN(C)C/C=C/C(=O)Nc1ccc(C(=O)Nc2cccc(Nc3ncc(Cl)c(-c4ccc5ccn(C)c5n4)n3)c2)cc1.O=C(/C=C/CO)Nc1ccc(S(=O)Nc2cccc(Nc3ncc(Cl)c(-c4c[nH]c5ccccc45)n3)c2)cc1. The number of halogens is 2. The first-order valence-corrected chi connectivity index (χ1v) is 26.8. The van der Waals surface area contributed by atoms with Gasteiger partial charge in [0.25, 0.3) is 5.91 Å². The number of fused-ring (bicyclic) bond motifs is 2. The number of aromatic nitrogens is 7. The number of benzene rings is 5. The van der Waals surface area contributed by atoms with Crippen molar-refractivity contribution in [3.8, 4) is 22.6 Å². The molecule has 1 atom stereocenters. The van der Waals surface area contributed by atoms with Crippen LogP contribution in [0.5, 0.6) is 0 Å². The zero-order chi connectivity index (χ0) is 56.8. The molecule has 5 aromatic carbocycles. The Bertz CT molecular complexity index is 3980. The summed E-state index contributed by atoms with van der Waals surface area (Å²) in [5.74, 6) is -0.185. The molecule has 0 spiro atoms. The fourth-order valence-corrected chi connectivity index (χ4v) is 9.21. The first kappa shape index (κ1) is 56.2. The molecule has 0 bridgehead atoms. The number of hydrogen-bond donors (Lipinski definition) is 8. The van der Waals surface area contributed by atoms with Gasteiger partial charge in [0.15, 0.2) is 0 Å². The predicted molar refractivity (Wildman–Crippen MR) is 323 cm³/mol. The van der Waals surface area contributed by atoms with E-state index in [0.717, 1.165) is 27.5 Å². The van der Waals surface area contributed by atoms with Crippen LogP contribution in [0, 0.1) is 0 Å². The van der Waals surface area contributed by atoms with Gasteiger partial charge in [-0.3, -0.25) is 14.4 Å². The number of nitrogens with one attached hydrogen (secondary N) is 7. The number of aryl methyl sites for hydroxylation is 1. The van der Waals surface area contributed by atoms with Crippen molar-refractivity contribution in [1.29, 1.82) is 0 Å². The summed E-state index contributed by atoms with van der Waals surface area (Å²) in [6.07, 6.45) is 12.8. The smallest absolute Gasteiger partial charge is 0.255 e. The lowest BCUT2D eigenvalue weighted by Crippen LogP contribution is -2.13. The molecule has 0 radical (unpaired) electrons. The number of nitrogens with zero attached hydrogens (tertiary/aromatic N) is 7. The van der Waals surface area contributed by atoms with Crippen LogP contribution in [0.4, 0.5) is 46.0 Å². The molecule has 0 aliphatic rings. The van der Waals surface area contributed by atoms with E-state index in [2.05, 4.69) is 56.2 Å². The number of amides is 3. The fourth-order valence-electron chi connectivity index (χ4n) is 7.98. The maximum Gasteiger partial charge on any atom is 0.255 e. The quantitative estimate of drug-likeness (QED) is 0.0373. The number of aliphatic hydroxyl groups is 1. The molecular weight excluding hydrogens is 1090 g/mol. The molecule has 5 aromatic heterocycles. The molecule has 10 aromatic rings. The third kappa shape index (κ3) is 15.0. The molecule has 81 heavy (non-hydrogen) atoms. The summed E-state index contributed by atoms with van der Waals surface area (Å²) in [7, 11) is 4.23. The van der Waals surface area contributed by atoms with Gasteiger partial charge < -0.3 is 50.9 Å². The number of carbonyl (C=O) groups is 3. The van der Waals surface area contributed by atoms with Gasteiger partial charge >= 0.3 is 0 Å². The summed E-state index contributed by atoms with van der Waals surface area (Å²) in [6, 6.07) is 41.5. The van der Waals surface area contributed by atoms with Crippen molar-refractivity contribution in [2.24, 2.45) is 7.05 Å². The molecule has 0 aliphatic carbocycles. The monoisotopic (exact) mass is 1140 g/mol. The van der Waals surface area contributed by atoms with E-state index in [9.17, 15) is 18.6 Å². The van der Waals surface area contributed by atoms with Gasteiger partial charge in [0.05, 0.1) is 45.3 Å². The van der Waals surface area contributed by atoms with Crippen molar-refractivity contribution in [2.75, 3.05) is 58.6 Å². The maximum atomic E-state index is 12.9. The van der Waals surface area contributed by atoms with Crippen molar-refractivity contribution in [3.05, 3.63) is 204 Å². The van der Waals surface area contributed by atoms with E-state index in [-0.39, 0.29) is 24.3 Å². The van der Waals surface area contributed by atoms with Gasteiger partial charge in [0.2, 0.25) is 23.7 Å². The van der Waals surface area contributed by atoms with Crippen LogP contribution in [0.2, 0.25) is 10.0 Å². The maximum absolute atomic E-state index is 12.9. The highest BCUT2D eigenvalue weighted by atomic mass is 35.5. The Hall–Kier alpha value is -9.57. The van der Waals surface area contributed by atoms with Crippen LogP contribution < -0.4 is 31.3 Å². The number of likely N-dealkylation sites (N-methyl/N-ethyl adjacent to an activating group) is 1. The molecule has 8 N–H and O–H groups in total. The third-order valence-corrected chi connectivity index (χ3v) is 13.5. The average Bonchev–Trinajstić information content (AvgIpc) is 4.12. The normalized spacial score (nSPS) is 11.6. The number of aliphatic hydroxyl groups excluding tert-OH is 1. The average molecular weight is 1140 g/mol. The lowest BCUT2D eigenvalue weighted by Gasteiger charge is -2.11. The number of para-hydroxylation sites is 1. The van der Waals surface area contributed by atoms with Gasteiger partial charge in [-0.25, -0.2) is 29.1 Å². The number of carbonyl (C=O) groups excluding carboxylic acids is 3. The summed E-state index contributed by atoms with van der Waals surface area (Å²) in [5, 5.41) is 26.3. The van der Waals surface area contributed by atoms with Crippen molar-refractivity contribution < 1.29 is 23.7 Å². The van der Waals surface area contributed by atoms with Crippen LogP contribution in [0.25, 0.3) is 44.6 Å². The van der Waals surface area contributed by atoms with Gasteiger partial charge in [-0.1, -0.05) is 65.7 Å². The van der Waals surface area contributed by atoms with Gasteiger partial charge in [-0.05, 0) is 123 Å². The second kappa shape index (κ2) is 26.4. The molecule has 0 saturated heterocycles. The zero-order valence-corrected chi connectivity index (χ0v) is 46.0. The zero-order valence-electron chi connectivity index (χ0n) is 43.7. The third-order valence-electron chi connectivity index (χ3n) is 11.9. The largest absolute Gasteiger partial charge is 0.392 e. The lowest BCUT2D eigenvalue weighted by molar-refractivity contribution is -0.112. The standard InChI is InChI=1S/C31H29ClN8O2.C28H23ClN6O3S/c1-39(2)16-5-8-27(41)34-22-12-9-21(10-13-22)30(42)35-23-6-4-7-24(18-23)36-31-33-19-25(32)28(38-31)26-14-11-20-15-17-40(3)29(20)37-26;29-24-17-31-28(34-27(24)23-16-30-25-8-2-1-7-22(23)25)33-19-5-3-6-20(15-19)35-39(38)21-12-10-18(11-13-21)32-26(37)9-4-14-36/h4-15,17-19H,16H2,1-3H3,(H,34,41)(H,35,42)(H,33,36,38);1-13,15-17,30,35-36H,14H2,(H,32,37)(H,31,33,34)/b8-5+;9-4+. The second-order valence-corrected chi connectivity index (χ2v) is 20.2. The minimum Gasteiger partial charge on any atom is -0.392 e. The van der Waals surface area contributed by atoms with E-state index < -0.39 is 11.0 Å². The highest BCUT2D eigenvalue weighted by Crippen LogP contribution is 2.33. The van der Waals surface area contributed by atoms with E-state index in [1.807, 2.05) is 110 Å². The van der Waals surface area contributed by atoms with Crippen LogP contribution in [0.3, 0.4) is 0 Å². The van der Waals surface area contributed by atoms with Crippen molar-refractivity contribution in [3.63, 3.8) is 0 Å². The number of aromatic amines is 1. The van der Waals surface area contributed by atoms with Gasteiger partial charge in [0.1, 0.15) is 22.3 Å². The molecule has 10 rings (SSSR count). The van der Waals surface area contributed by atoms with Crippen molar-refractivity contribution in [1.82, 2.24) is 39.4 Å². The Labute approximate surface area is 477 Å². The summed E-state index contributed by atoms with van der Waals surface area (Å²) in [6.45, 7) is 0.451. The highest BCUT2D eigenvalue weighted by molar-refractivity contribution is 7.86. The van der Waals surface area contributed by atoms with E-state index in [0.29, 0.717) is 90.2 Å². The molecule has 5 heterocycles. The number of pyridine rings is 1. The van der Waals surface area contributed by atoms with E-state index >= 15 is 0 Å². The molecule has 408 valence electrons. The molecule has 22 heteroatoms. The Morgan fingerprint density at radius 2 is 1.27 bits per heavy atom. The van der Waals surface area contributed by atoms with E-state index in [4.69, 9.17) is 33.3 Å². The Morgan fingerprint density at radius 3 is 1.95 bits per heavy atom. The number of anilines is 8. The summed E-state index contributed by atoms with van der Waals surface area (Å²) in [5.41, 5.74) is 8.58. The molecule has 3 amide bonds. The van der Waals surface area contributed by atoms with Crippen LogP contribution >= 0.6 is 23.2 Å². The van der Waals surface area contributed by atoms with Crippen molar-refractivity contribution >= 4 is 120 Å². The van der Waals surface area contributed by atoms with Crippen LogP contribution in [-0.2, 0) is 27.6 Å². The van der Waals surface area contributed by atoms with Crippen molar-refractivity contribution in [2.45, 2.75) is 4.90 Å². The van der Waals surface area contributed by atoms with Gasteiger partial charge in [0, 0.05) is 99.7 Å². The van der Waals surface area contributed by atoms with Gasteiger partial charge in [-0.15, -0.1) is 0 Å². The number of rotatable bonds is 18. The van der Waals surface area contributed by atoms with Gasteiger partial charge in [-0.2, -0.15) is 0 Å². The first-order chi connectivity index (χ1) is 39.2. The Balaban J connectivity index is 0.000000196. The highest BCUT2D eigenvalue weighted by Gasteiger charge is 2.16. The molecule has 0 fully saturated rings. The Morgan fingerprint density at radius 1 is 0.667 bits per heavy atom. The molecular formula is C59H52Cl2N14O5S. The Kier molecular flexibility index (Phi) is 18.3. The minimum absolute atomic E-state index is 0.216. The lowest BCUT2D eigenvalue weighted by atomic mass is 10.1. The first-order valence-electron chi connectivity index (χ1n) is 24.9. The topological polar surface area (TPSA) is 249 Å². The number of H-pyrrole nitrogens is 1. The number of hydrogen-bond acceptors (Lipinski definition) is 13.